The number of rotatable bonds is 3. The summed E-state index contributed by atoms with van der Waals surface area (Å²) in [6.45, 7) is 3.15. The second-order valence-electron chi connectivity index (χ2n) is 4.25. The number of carbonyl (C=O) groups excluding carboxylic acids is 1. The molecular formula is C13H18N2O3. The van der Waals surface area contributed by atoms with E-state index in [1.807, 2.05) is 12.1 Å². The fourth-order valence-corrected chi connectivity index (χ4v) is 1.85. The Morgan fingerprint density at radius 3 is 2.61 bits per heavy atom. The zero-order valence-corrected chi connectivity index (χ0v) is 10.3. The maximum absolute atomic E-state index is 11.8. The first-order valence-electron chi connectivity index (χ1n) is 6.14. The Hall–Kier alpha value is -1.75. The van der Waals surface area contributed by atoms with Crippen molar-refractivity contribution in [3.05, 3.63) is 29.8 Å². The van der Waals surface area contributed by atoms with Gasteiger partial charge in [0, 0.05) is 19.6 Å². The number of urea groups is 1. The van der Waals surface area contributed by atoms with Crippen LogP contribution in [0.1, 0.15) is 5.56 Å². The van der Waals surface area contributed by atoms with Crippen molar-refractivity contribution in [3.8, 4) is 5.75 Å². The van der Waals surface area contributed by atoms with Gasteiger partial charge < -0.3 is 20.1 Å². The summed E-state index contributed by atoms with van der Waals surface area (Å²) in [5.74, 6) is 0.260. The third-order valence-electron chi connectivity index (χ3n) is 2.92. The summed E-state index contributed by atoms with van der Waals surface area (Å²) in [6.07, 6.45) is 0.760. The Morgan fingerprint density at radius 1 is 1.28 bits per heavy atom. The van der Waals surface area contributed by atoms with Crippen LogP contribution in [-0.2, 0) is 11.2 Å². The van der Waals surface area contributed by atoms with E-state index in [0.29, 0.717) is 32.8 Å². The van der Waals surface area contributed by atoms with Crippen molar-refractivity contribution in [3.63, 3.8) is 0 Å². The molecule has 1 saturated heterocycles. The van der Waals surface area contributed by atoms with Crippen LogP contribution in [0.15, 0.2) is 24.3 Å². The van der Waals surface area contributed by atoms with Crippen LogP contribution in [0.4, 0.5) is 4.79 Å². The molecule has 1 aliphatic rings. The van der Waals surface area contributed by atoms with E-state index in [1.54, 1.807) is 17.0 Å². The van der Waals surface area contributed by atoms with Crippen LogP contribution in [0.25, 0.3) is 0 Å². The first kappa shape index (κ1) is 12.7. The molecule has 0 saturated carbocycles. The van der Waals surface area contributed by atoms with Gasteiger partial charge in [-0.05, 0) is 24.1 Å². The number of nitrogens with one attached hydrogen (secondary N) is 1. The molecule has 0 aliphatic carbocycles. The molecule has 0 atom stereocenters. The number of nitrogens with zero attached hydrogens (tertiary/aromatic N) is 1. The molecule has 0 bridgehead atoms. The molecular weight excluding hydrogens is 232 g/mol. The van der Waals surface area contributed by atoms with Crippen LogP contribution in [-0.4, -0.2) is 48.9 Å². The predicted molar refractivity (Wildman–Crippen MR) is 67.6 cm³/mol. The molecule has 98 valence electrons. The maximum atomic E-state index is 11.8. The number of phenolic OH excluding ortho intramolecular Hbond substituents is 1. The Balaban J connectivity index is 1.71. The van der Waals surface area contributed by atoms with Crippen molar-refractivity contribution in [2.24, 2.45) is 0 Å². The number of benzene rings is 1. The number of phenols is 1. The lowest BCUT2D eigenvalue weighted by atomic mass is 10.1. The highest BCUT2D eigenvalue weighted by Gasteiger charge is 2.15. The SMILES string of the molecule is O=C(NCCc1ccc(O)cc1)N1CCOCC1. The lowest BCUT2D eigenvalue weighted by Gasteiger charge is -2.26. The highest BCUT2D eigenvalue weighted by molar-refractivity contribution is 5.74. The van der Waals surface area contributed by atoms with Gasteiger partial charge in [-0.15, -0.1) is 0 Å². The van der Waals surface area contributed by atoms with Crippen molar-refractivity contribution in [2.45, 2.75) is 6.42 Å². The van der Waals surface area contributed by atoms with E-state index in [2.05, 4.69) is 5.32 Å². The van der Waals surface area contributed by atoms with Crippen LogP contribution in [0, 0.1) is 0 Å². The number of hydrogen-bond acceptors (Lipinski definition) is 3. The van der Waals surface area contributed by atoms with Crippen LogP contribution in [0.3, 0.4) is 0 Å². The molecule has 0 spiro atoms. The van der Waals surface area contributed by atoms with Crippen molar-refractivity contribution >= 4 is 6.03 Å². The minimum absolute atomic E-state index is 0.0305. The molecule has 2 N–H and O–H groups in total. The minimum Gasteiger partial charge on any atom is -0.508 e. The molecule has 2 rings (SSSR count). The lowest BCUT2D eigenvalue weighted by Crippen LogP contribution is -2.46. The van der Waals surface area contributed by atoms with Gasteiger partial charge in [-0.2, -0.15) is 0 Å². The van der Waals surface area contributed by atoms with Gasteiger partial charge in [-0.3, -0.25) is 0 Å². The van der Waals surface area contributed by atoms with E-state index >= 15 is 0 Å². The summed E-state index contributed by atoms with van der Waals surface area (Å²) in [7, 11) is 0. The van der Waals surface area contributed by atoms with Gasteiger partial charge in [0.15, 0.2) is 0 Å². The molecule has 5 nitrogen and oxygen atoms in total. The molecule has 0 aromatic heterocycles. The van der Waals surface area contributed by atoms with Crippen LogP contribution in [0.2, 0.25) is 0 Å². The fourth-order valence-electron chi connectivity index (χ4n) is 1.85. The number of amides is 2. The van der Waals surface area contributed by atoms with Gasteiger partial charge in [0.2, 0.25) is 0 Å². The van der Waals surface area contributed by atoms with Gasteiger partial charge in [0.1, 0.15) is 5.75 Å². The summed E-state index contributed by atoms with van der Waals surface area (Å²) in [5.41, 5.74) is 1.09. The third-order valence-corrected chi connectivity index (χ3v) is 2.92. The zero-order chi connectivity index (χ0) is 12.8. The Kier molecular flexibility index (Phi) is 4.41. The lowest BCUT2D eigenvalue weighted by molar-refractivity contribution is 0.0533. The highest BCUT2D eigenvalue weighted by atomic mass is 16.5. The summed E-state index contributed by atoms with van der Waals surface area (Å²) >= 11 is 0. The maximum Gasteiger partial charge on any atom is 0.317 e. The molecule has 0 unspecified atom stereocenters. The molecule has 5 heteroatoms. The van der Waals surface area contributed by atoms with E-state index < -0.39 is 0 Å². The van der Waals surface area contributed by atoms with E-state index in [1.165, 1.54) is 0 Å². The molecule has 2 amide bonds. The highest BCUT2D eigenvalue weighted by Crippen LogP contribution is 2.09. The molecule has 18 heavy (non-hydrogen) atoms. The number of morpholine rings is 1. The summed E-state index contributed by atoms with van der Waals surface area (Å²) in [4.78, 5) is 13.5. The van der Waals surface area contributed by atoms with Gasteiger partial charge in [-0.1, -0.05) is 12.1 Å². The topological polar surface area (TPSA) is 61.8 Å². The van der Waals surface area contributed by atoms with E-state index in [4.69, 9.17) is 9.84 Å². The molecule has 0 radical (unpaired) electrons. The first-order chi connectivity index (χ1) is 8.75. The fraction of sp³-hybridized carbons (Fsp3) is 0.462. The monoisotopic (exact) mass is 250 g/mol. The average molecular weight is 250 g/mol. The number of hydrogen-bond donors (Lipinski definition) is 2. The molecule has 1 heterocycles. The van der Waals surface area contributed by atoms with Gasteiger partial charge in [0.05, 0.1) is 13.2 Å². The molecule has 1 aromatic rings. The molecule has 1 aliphatic heterocycles. The quantitative estimate of drug-likeness (QED) is 0.840. The first-order valence-corrected chi connectivity index (χ1v) is 6.14. The van der Waals surface area contributed by atoms with E-state index in [0.717, 1.165) is 12.0 Å². The van der Waals surface area contributed by atoms with Gasteiger partial charge in [-0.25, -0.2) is 4.79 Å². The number of ether oxygens (including phenoxy) is 1. The van der Waals surface area contributed by atoms with Crippen LogP contribution in [0.5, 0.6) is 5.75 Å². The predicted octanol–water partition coefficient (Wildman–Crippen LogP) is 0.976. The Morgan fingerprint density at radius 2 is 1.94 bits per heavy atom. The van der Waals surface area contributed by atoms with Crippen molar-refractivity contribution < 1.29 is 14.6 Å². The van der Waals surface area contributed by atoms with Crippen molar-refractivity contribution in [1.82, 2.24) is 10.2 Å². The summed E-state index contributed by atoms with van der Waals surface area (Å²) < 4.78 is 5.19. The summed E-state index contributed by atoms with van der Waals surface area (Å²) in [6, 6.07) is 6.99. The van der Waals surface area contributed by atoms with Crippen molar-refractivity contribution in [1.29, 1.82) is 0 Å². The Bertz CT molecular complexity index is 386. The Labute approximate surface area is 106 Å². The summed E-state index contributed by atoms with van der Waals surface area (Å²) in [5, 5.41) is 12.0. The normalized spacial score (nSPS) is 15.4. The zero-order valence-electron chi connectivity index (χ0n) is 10.3. The van der Waals surface area contributed by atoms with Gasteiger partial charge in [0.25, 0.3) is 0 Å². The molecule has 1 aromatic carbocycles. The second-order valence-corrected chi connectivity index (χ2v) is 4.25. The minimum atomic E-state index is -0.0305. The van der Waals surface area contributed by atoms with Gasteiger partial charge >= 0.3 is 6.03 Å². The van der Waals surface area contributed by atoms with E-state index in [9.17, 15) is 4.79 Å². The number of carbonyl (C=O) groups is 1. The van der Waals surface area contributed by atoms with Crippen LogP contribution < -0.4 is 5.32 Å². The second kappa shape index (κ2) is 6.26. The number of aromatic hydroxyl groups is 1. The largest absolute Gasteiger partial charge is 0.508 e. The van der Waals surface area contributed by atoms with E-state index in [-0.39, 0.29) is 11.8 Å². The smallest absolute Gasteiger partial charge is 0.317 e. The van der Waals surface area contributed by atoms with Crippen molar-refractivity contribution in [2.75, 3.05) is 32.8 Å². The molecule has 1 fully saturated rings. The third kappa shape index (κ3) is 3.63. The van der Waals surface area contributed by atoms with Crippen LogP contribution >= 0.6 is 0 Å². The average Bonchev–Trinajstić information content (AvgIpc) is 2.42. The standard InChI is InChI=1S/C13H18N2O3/c16-12-3-1-11(2-4-12)5-6-14-13(17)15-7-9-18-10-8-15/h1-4,16H,5-10H2,(H,14,17).